The maximum atomic E-state index is 4.31. The third kappa shape index (κ3) is 9.99. The van der Waals surface area contributed by atoms with Gasteiger partial charge in [-0.2, -0.15) is 11.8 Å². The van der Waals surface area contributed by atoms with Gasteiger partial charge in [-0.3, -0.25) is 9.89 Å². The number of likely N-dealkylation sites (N-methyl/N-ethyl adjacent to an activating group) is 1. The Morgan fingerprint density at radius 1 is 1.17 bits per heavy atom. The van der Waals surface area contributed by atoms with Crippen molar-refractivity contribution in [3.05, 3.63) is 0 Å². The predicted molar refractivity (Wildman–Crippen MR) is 116 cm³/mol. The van der Waals surface area contributed by atoms with Gasteiger partial charge in [0.2, 0.25) is 0 Å². The molecule has 0 aromatic carbocycles. The Morgan fingerprint density at radius 3 is 2.43 bits per heavy atom. The zero-order chi connectivity index (χ0) is 16.2. The lowest BCUT2D eigenvalue weighted by atomic mass is 10.2. The highest BCUT2D eigenvalue weighted by Gasteiger charge is 2.20. The quantitative estimate of drug-likeness (QED) is 0.240. The molecule has 1 saturated heterocycles. The van der Waals surface area contributed by atoms with Crippen LogP contribution < -0.4 is 10.6 Å². The number of halogens is 1. The van der Waals surface area contributed by atoms with Gasteiger partial charge in [0, 0.05) is 52.4 Å². The van der Waals surface area contributed by atoms with Crippen LogP contribution in [0.25, 0.3) is 0 Å². The van der Waals surface area contributed by atoms with Crippen molar-refractivity contribution < 1.29 is 0 Å². The Balaban J connectivity index is 0.00000484. The van der Waals surface area contributed by atoms with Crippen LogP contribution in [0.4, 0.5) is 0 Å². The number of hydrogen-bond acceptors (Lipinski definition) is 4. The second-order valence-corrected chi connectivity index (χ2v) is 6.88. The molecule has 0 spiro atoms. The third-order valence-electron chi connectivity index (χ3n) is 4.33. The fourth-order valence-corrected chi connectivity index (χ4v) is 3.19. The monoisotopic (exact) mass is 457 g/mol. The van der Waals surface area contributed by atoms with Crippen molar-refractivity contribution in [2.24, 2.45) is 4.99 Å². The summed E-state index contributed by atoms with van der Waals surface area (Å²) < 4.78 is 0. The SMILES string of the molecule is CCN1CCN(C(C)CNC(=NC)NCCCCSC)CC1.I. The Bertz CT molecular complexity index is 309. The Kier molecular flexibility index (Phi) is 14.8. The number of aliphatic imine (C=N–C) groups is 1. The fourth-order valence-electron chi connectivity index (χ4n) is 2.69. The number of piperazine rings is 1. The van der Waals surface area contributed by atoms with E-state index in [1.54, 1.807) is 0 Å². The van der Waals surface area contributed by atoms with Gasteiger partial charge in [-0.25, -0.2) is 0 Å². The van der Waals surface area contributed by atoms with Crippen LogP contribution in [0.5, 0.6) is 0 Å². The normalized spacial score (nSPS) is 18.3. The van der Waals surface area contributed by atoms with Gasteiger partial charge in [0.05, 0.1) is 0 Å². The molecule has 0 bridgehead atoms. The number of nitrogens with zero attached hydrogens (tertiary/aromatic N) is 3. The topological polar surface area (TPSA) is 42.9 Å². The van der Waals surface area contributed by atoms with E-state index in [0.717, 1.165) is 19.0 Å². The van der Waals surface area contributed by atoms with Gasteiger partial charge >= 0.3 is 0 Å². The summed E-state index contributed by atoms with van der Waals surface area (Å²) in [6.45, 7) is 12.4. The van der Waals surface area contributed by atoms with Crippen molar-refractivity contribution in [1.82, 2.24) is 20.4 Å². The zero-order valence-corrected chi connectivity index (χ0v) is 18.5. The predicted octanol–water partition coefficient (Wildman–Crippen LogP) is 1.94. The molecule has 1 unspecified atom stereocenters. The first-order chi connectivity index (χ1) is 10.7. The van der Waals surface area contributed by atoms with E-state index in [4.69, 9.17) is 0 Å². The van der Waals surface area contributed by atoms with Crippen LogP contribution in [0, 0.1) is 0 Å². The third-order valence-corrected chi connectivity index (χ3v) is 5.03. The van der Waals surface area contributed by atoms with Crippen LogP contribution in [-0.4, -0.2) is 86.7 Å². The Hall–Kier alpha value is 0.270. The molecule has 0 saturated carbocycles. The second kappa shape index (κ2) is 14.6. The largest absolute Gasteiger partial charge is 0.356 e. The summed E-state index contributed by atoms with van der Waals surface area (Å²) in [5.74, 6) is 2.18. The number of thioether (sulfide) groups is 1. The van der Waals surface area contributed by atoms with Crippen LogP contribution in [0.2, 0.25) is 0 Å². The van der Waals surface area contributed by atoms with Crippen LogP contribution in [0.1, 0.15) is 26.7 Å². The van der Waals surface area contributed by atoms with E-state index < -0.39 is 0 Å². The molecule has 0 aliphatic carbocycles. The number of nitrogens with one attached hydrogen (secondary N) is 2. The molecule has 1 atom stereocenters. The van der Waals surface area contributed by atoms with E-state index in [1.165, 1.54) is 51.3 Å². The molecule has 0 aromatic heterocycles. The van der Waals surface area contributed by atoms with E-state index in [2.05, 4.69) is 45.5 Å². The van der Waals surface area contributed by atoms with E-state index in [-0.39, 0.29) is 24.0 Å². The van der Waals surface area contributed by atoms with Crippen molar-refractivity contribution in [3.8, 4) is 0 Å². The highest BCUT2D eigenvalue weighted by molar-refractivity contribution is 14.0. The summed E-state index contributed by atoms with van der Waals surface area (Å²) in [7, 11) is 1.85. The first-order valence-electron chi connectivity index (χ1n) is 8.61. The summed E-state index contributed by atoms with van der Waals surface area (Å²) >= 11 is 1.92. The van der Waals surface area contributed by atoms with Crippen molar-refractivity contribution in [3.63, 3.8) is 0 Å². The molecule has 0 amide bonds. The van der Waals surface area contributed by atoms with E-state index in [9.17, 15) is 0 Å². The molecular formula is C16H36IN5S. The summed E-state index contributed by atoms with van der Waals surface area (Å²) in [5.41, 5.74) is 0. The number of unbranched alkanes of at least 4 members (excludes halogenated alkanes) is 1. The molecule has 138 valence electrons. The maximum absolute atomic E-state index is 4.31. The van der Waals surface area contributed by atoms with Crippen LogP contribution >= 0.6 is 35.7 Å². The Labute approximate surface area is 164 Å². The minimum absolute atomic E-state index is 0. The highest BCUT2D eigenvalue weighted by atomic mass is 127. The molecular weight excluding hydrogens is 421 g/mol. The lowest BCUT2D eigenvalue weighted by molar-refractivity contribution is 0.107. The van der Waals surface area contributed by atoms with Gasteiger partial charge in [0.25, 0.3) is 0 Å². The lowest BCUT2D eigenvalue weighted by Gasteiger charge is -2.37. The van der Waals surface area contributed by atoms with Gasteiger partial charge in [-0.1, -0.05) is 6.92 Å². The minimum atomic E-state index is 0. The van der Waals surface area contributed by atoms with Crippen molar-refractivity contribution in [2.75, 3.05) is 64.9 Å². The molecule has 1 rings (SSSR count). The molecule has 1 heterocycles. The van der Waals surface area contributed by atoms with Gasteiger partial charge in [0.1, 0.15) is 0 Å². The molecule has 0 radical (unpaired) electrons. The van der Waals surface area contributed by atoms with Crippen LogP contribution in [0.15, 0.2) is 4.99 Å². The van der Waals surface area contributed by atoms with E-state index in [1.807, 2.05) is 18.8 Å². The van der Waals surface area contributed by atoms with Crippen molar-refractivity contribution in [1.29, 1.82) is 0 Å². The lowest BCUT2D eigenvalue weighted by Crippen LogP contribution is -2.53. The van der Waals surface area contributed by atoms with Crippen LogP contribution in [0.3, 0.4) is 0 Å². The van der Waals surface area contributed by atoms with Crippen LogP contribution in [-0.2, 0) is 0 Å². The summed E-state index contributed by atoms with van der Waals surface area (Å²) in [6, 6.07) is 0.550. The minimum Gasteiger partial charge on any atom is -0.356 e. The first-order valence-corrected chi connectivity index (χ1v) is 10.0. The van der Waals surface area contributed by atoms with Gasteiger partial charge in [-0.05, 0) is 38.3 Å². The summed E-state index contributed by atoms with van der Waals surface area (Å²) in [4.78, 5) is 9.40. The molecule has 1 aliphatic heterocycles. The van der Waals surface area contributed by atoms with Gasteiger partial charge in [-0.15, -0.1) is 24.0 Å². The van der Waals surface area contributed by atoms with Gasteiger partial charge in [0.15, 0.2) is 5.96 Å². The average Bonchev–Trinajstić information content (AvgIpc) is 2.57. The molecule has 7 heteroatoms. The highest BCUT2D eigenvalue weighted by Crippen LogP contribution is 2.05. The molecule has 0 aromatic rings. The molecule has 23 heavy (non-hydrogen) atoms. The number of guanidine groups is 1. The number of hydrogen-bond donors (Lipinski definition) is 2. The van der Waals surface area contributed by atoms with Crippen molar-refractivity contribution >= 4 is 41.7 Å². The molecule has 5 nitrogen and oxygen atoms in total. The fraction of sp³-hybridized carbons (Fsp3) is 0.938. The summed E-state index contributed by atoms with van der Waals surface area (Å²) in [5, 5.41) is 6.87. The second-order valence-electron chi connectivity index (χ2n) is 5.90. The Morgan fingerprint density at radius 2 is 1.87 bits per heavy atom. The zero-order valence-electron chi connectivity index (χ0n) is 15.3. The van der Waals surface area contributed by atoms with Crippen molar-refractivity contribution in [2.45, 2.75) is 32.7 Å². The smallest absolute Gasteiger partial charge is 0.191 e. The number of rotatable bonds is 9. The standard InChI is InChI=1S/C16H35N5S.HI/c1-5-20-9-11-21(12-10-20)15(2)14-19-16(17-3)18-8-6-7-13-22-4;/h15H,5-14H2,1-4H3,(H2,17,18,19);1H. The van der Waals surface area contributed by atoms with E-state index >= 15 is 0 Å². The first kappa shape index (κ1) is 23.3. The molecule has 1 aliphatic rings. The van der Waals surface area contributed by atoms with E-state index in [0.29, 0.717) is 6.04 Å². The maximum Gasteiger partial charge on any atom is 0.191 e. The van der Waals surface area contributed by atoms with Gasteiger partial charge < -0.3 is 15.5 Å². The molecule has 1 fully saturated rings. The summed E-state index contributed by atoms with van der Waals surface area (Å²) in [6.07, 6.45) is 4.63. The average molecular weight is 457 g/mol. The molecule has 2 N–H and O–H groups in total.